The number of ether oxygens (including phenoxy) is 2. The lowest BCUT2D eigenvalue weighted by Crippen LogP contribution is -2.36. The molecule has 0 saturated carbocycles. The molecular formula is C28H28ClFN4O5S. The number of nitrogens with one attached hydrogen (secondary N) is 1. The summed E-state index contributed by atoms with van der Waals surface area (Å²) in [6.07, 6.45) is 1.13. The minimum absolute atomic E-state index is 0.185. The molecule has 0 aliphatic carbocycles. The molecule has 9 nitrogen and oxygen atoms in total. The van der Waals surface area contributed by atoms with Crippen LogP contribution in [0.3, 0.4) is 0 Å². The monoisotopic (exact) mass is 586 g/mol. The maximum atomic E-state index is 13.9. The number of likely N-dealkylation sites (N-methyl/N-ethyl adjacent to an activating group) is 1. The van der Waals surface area contributed by atoms with Gasteiger partial charge in [-0.3, -0.25) is 14.1 Å². The first-order valence-electron chi connectivity index (χ1n) is 12.5. The van der Waals surface area contributed by atoms with Gasteiger partial charge in [0.15, 0.2) is 11.5 Å². The van der Waals surface area contributed by atoms with Crippen molar-refractivity contribution in [1.29, 1.82) is 0 Å². The normalized spacial score (nSPS) is 16.6. The van der Waals surface area contributed by atoms with Crippen LogP contribution in [0.15, 0.2) is 59.6 Å². The molecule has 0 fully saturated rings. The molecule has 1 amide bonds. The van der Waals surface area contributed by atoms with E-state index in [9.17, 15) is 17.6 Å². The highest BCUT2D eigenvalue weighted by Crippen LogP contribution is 2.40. The van der Waals surface area contributed by atoms with Gasteiger partial charge >= 0.3 is 0 Å². The Balaban J connectivity index is 1.60. The molecular weight excluding hydrogens is 559 g/mol. The third kappa shape index (κ3) is 5.77. The summed E-state index contributed by atoms with van der Waals surface area (Å²) in [5.74, 6) is -0.566. The highest BCUT2D eigenvalue weighted by Gasteiger charge is 2.36. The van der Waals surface area contributed by atoms with Crippen LogP contribution in [0, 0.1) is 5.82 Å². The van der Waals surface area contributed by atoms with Crippen LogP contribution in [0.25, 0.3) is 0 Å². The number of benzene rings is 3. The second-order valence-corrected chi connectivity index (χ2v) is 12.1. The van der Waals surface area contributed by atoms with Gasteiger partial charge < -0.3 is 19.7 Å². The summed E-state index contributed by atoms with van der Waals surface area (Å²) in [5, 5.41) is 2.93. The molecule has 2 aliphatic rings. The van der Waals surface area contributed by atoms with Crippen LogP contribution >= 0.6 is 11.6 Å². The van der Waals surface area contributed by atoms with Gasteiger partial charge in [-0.05, 0) is 68.2 Å². The summed E-state index contributed by atoms with van der Waals surface area (Å²) in [6, 6.07) is 14.2. The molecule has 5 rings (SSSR count). The zero-order valence-electron chi connectivity index (χ0n) is 22.1. The molecule has 0 saturated heterocycles. The van der Waals surface area contributed by atoms with E-state index in [1.54, 1.807) is 42.5 Å². The fourth-order valence-electron chi connectivity index (χ4n) is 4.67. The van der Waals surface area contributed by atoms with Gasteiger partial charge in [0.05, 0.1) is 28.4 Å². The standard InChI is InChI=1S/C28H28ClFN4O5S/c1-33(2)10-11-34(40(3,36)37)23-8-6-19(16-21(23)29)31-27(17-4-9-24-25(14-17)39-13-12-38-24)26-20-7-5-18(30)15-22(20)32-28(26)35/h4-9,14-16,26H,10-13H2,1-3H3,(H,32,35). The van der Waals surface area contributed by atoms with Gasteiger partial charge in [0, 0.05) is 24.3 Å². The van der Waals surface area contributed by atoms with Crippen LogP contribution in [0.2, 0.25) is 5.02 Å². The summed E-state index contributed by atoms with van der Waals surface area (Å²) in [6.45, 7) is 1.53. The largest absolute Gasteiger partial charge is 0.486 e. The summed E-state index contributed by atoms with van der Waals surface area (Å²) < 4.78 is 51.7. The van der Waals surface area contributed by atoms with Crippen molar-refractivity contribution in [2.24, 2.45) is 4.99 Å². The Morgan fingerprint density at radius 1 is 1.05 bits per heavy atom. The minimum Gasteiger partial charge on any atom is -0.486 e. The number of anilines is 2. The molecule has 0 aromatic heterocycles. The fraction of sp³-hybridized carbons (Fsp3) is 0.286. The number of aliphatic imine (C=N–C) groups is 1. The number of nitrogens with zero attached hydrogens (tertiary/aromatic N) is 3. The highest BCUT2D eigenvalue weighted by atomic mass is 35.5. The first-order chi connectivity index (χ1) is 19.0. The van der Waals surface area contributed by atoms with E-state index in [0.717, 1.165) is 6.26 Å². The zero-order valence-corrected chi connectivity index (χ0v) is 23.7. The summed E-state index contributed by atoms with van der Waals surface area (Å²) in [4.78, 5) is 19.9. The molecule has 210 valence electrons. The lowest BCUT2D eigenvalue weighted by Gasteiger charge is -2.25. The Morgan fingerprint density at radius 2 is 1.80 bits per heavy atom. The Bertz CT molecular complexity index is 1610. The van der Waals surface area contributed by atoms with E-state index >= 15 is 0 Å². The minimum atomic E-state index is -3.60. The first-order valence-corrected chi connectivity index (χ1v) is 14.7. The second kappa shape index (κ2) is 11.1. The number of sulfonamides is 1. The topological polar surface area (TPSA) is 101 Å². The number of hydrogen-bond donors (Lipinski definition) is 1. The third-order valence-electron chi connectivity index (χ3n) is 6.56. The molecule has 3 aromatic carbocycles. The van der Waals surface area contributed by atoms with E-state index in [1.807, 2.05) is 19.0 Å². The van der Waals surface area contributed by atoms with Gasteiger partial charge in [-0.1, -0.05) is 17.7 Å². The lowest BCUT2D eigenvalue weighted by atomic mass is 9.90. The van der Waals surface area contributed by atoms with Gasteiger partial charge in [-0.15, -0.1) is 0 Å². The van der Waals surface area contributed by atoms with Crippen LogP contribution in [-0.4, -0.2) is 71.6 Å². The third-order valence-corrected chi connectivity index (χ3v) is 8.04. The van der Waals surface area contributed by atoms with Gasteiger partial charge in [0.1, 0.15) is 24.9 Å². The molecule has 1 unspecified atom stereocenters. The summed E-state index contributed by atoms with van der Waals surface area (Å²) in [5.41, 5.74) is 2.67. The van der Waals surface area contributed by atoms with Crippen molar-refractivity contribution in [2.75, 3.05) is 56.3 Å². The number of amides is 1. The van der Waals surface area contributed by atoms with Crippen LogP contribution in [-0.2, 0) is 14.8 Å². The van der Waals surface area contributed by atoms with Crippen molar-refractivity contribution in [3.05, 3.63) is 76.6 Å². The van der Waals surface area contributed by atoms with Crippen molar-refractivity contribution >= 4 is 50.3 Å². The first kappa shape index (κ1) is 27.9. The van der Waals surface area contributed by atoms with Crippen LogP contribution < -0.4 is 19.1 Å². The van der Waals surface area contributed by atoms with E-state index in [1.165, 1.54) is 16.4 Å². The van der Waals surface area contributed by atoms with Crippen LogP contribution in [0.5, 0.6) is 11.5 Å². The average molecular weight is 587 g/mol. The molecule has 2 aliphatic heterocycles. The molecule has 0 radical (unpaired) electrons. The maximum Gasteiger partial charge on any atom is 0.238 e. The Labute approximate surface area is 237 Å². The Kier molecular flexibility index (Phi) is 7.72. The molecule has 12 heteroatoms. The van der Waals surface area contributed by atoms with Gasteiger partial charge in [-0.25, -0.2) is 12.8 Å². The van der Waals surface area contributed by atoms with E-state index in [2.05, 4.69) is 5.32 Å². The second-order valence-electron chi connectivity index (χ2n) is 9.78. The van der Waals surface area contributed by atoms with E-state index in [-0.39, 0.29) is 17.5 Å². The summed E-state index contributed by atoms with van der Waals surface area (Å²) >= 11 is 6.61. The van der Waals surface area contributed by atoms with Gasteiger partial charge in [0.25, 0.3) is 0 Å². The number of rotatable bonds is 8. The number of carbonyl (C=O) groups is 1. The fourth-order valence-corrected chi connectivity index (χ4v) is 5.92. The van der Waals surface area contributed by atoms with Crippen molar-refractivity contribution in [3.63, 3.8) is 0 Å². The SMILES string of the molecule is CN(C)CCN(c1ccc(N=C(c2ccc3c(c2)OCCO3)C2C(=O)Nc3cc(F)ccc32)cc1Cl)S(C)(=O)=O. The quantitative estimate of drug-likeness (QED) is 0.392. The molecule has 3 aromatic rings. The molecule has 1 N–H and O–H groups in total. The number of hydrogen-bond acceptors (Lipinski definition) is 7. The van der Waals surface area contributed by atoms with Crippen LogP contribution in [0.1, 0.15) is 17.0 Å². The van der Waals surface area contributed by atoms with Gasteiger partial charge in [0.2, 0.25) is 15.9 Å². The van der Waals surface area contributed by atoms with E-state index in [4.69, 9.17) is 26.1 Å². The van der Waals surface area contributed by atoms with Crippen molar-refractivity contribution in [1.82, 2.24) is 4.90 Å². The van der Waals surface area contributed by atoms with Crippen molar-refractivity contribution in [3.8, 4) is 11.5 Å². The average Bonchev–Trinajstić information content (AvgIpc) is 3.21. The molecule has 1 atom stereocenters. The Hall–Kier alpha value is -3.67. The molecule has 2 heterocycles. The van der Waals surface area contributed by atoms with Crippen LogP contribution in [0.4, 0.5) is 21.5 Å². The number of halogens is 2. The maximum absolute atomic E-state index is 13.9. The molecule has 0 spiro atoms. The Morgan fingerprint density at radius 3 is 2.50 bits per heavy atom. The predicted octanol–water partition coefficient (Wildman–Crippen LogP) is 4.43. The number of carbonyl (C=O) groups excluding carboxylic acids is 1. The smallest absolute Gasteiger partial charge is 0.238 e. The lowest BCUT2D eigenvalue weighted by molar-refractivity contribution is -0.115. The summed E-state index contributed by atoms with van der Waals surface area (Å²) in [7, 11) is 0.100. The number of fused-ring (bicyclic) bond motifs is 2. The predicted molar refractivity (Wildman–Crippen MR) is 154 cm³/mol. The van der Waals surface area contributed by atoms with Gasteiger partial charge in [-0.2, -0.15) is 0 Å². The zero-order chi connectivity index (χ0) is 28.6. The van der Waals surface area contributed by atoms with E-state index < -0.39 is 21.8 Å². The van der Waals surface area contributed by atoms with E-state index in [0.29, 0.717) is 65.2 Å². The molecule has 0 bridgehead atoms. The highest BCUT2D eigenvalue weighted by molar-refractivity contribution is 7.92. The van der Waals surface area contributed by atoms with Crippen molar-refractivity contribution < 1.29 is 27.1 Å². The molecule has 40 heavy (non-hydrogen) atoms. The van der Waals surface area contributed by atoms with Crippen molar-refractivity contribution in [2.45, 2.75) is 5.92 Å².